The van der Waals surface area contributed by atoms with Gasteiger partial charge in [-0.05, 0) is 60.1 Å². The fourth-order valence-electron chi connectivity index (χ4n) is 2.09. The van der Waals surface area contributed by atoms with Gasteiger partial charge in [-0.1, -0.05) is 18.2 Å². The highest BCUT2D eigenvalue weighted by Gasteiger charge is 2.30. The van der Waals surface area contributed by atoms with E-state index in [1.54, 1.807) is 4.90 Å². The minimum absolute atomic E-state index is 0.272. The first-order valence-electron chi connectivity index (χ1n) is 7.81. The average molecular weight is 306 g/mol. The number of hydrogen-bond donors (Lipinski definition) is 1. The zero-order valence-corrected chi connectivity index (χ0v) is 15.0. The van der Waals surface area contributed by atoms with Crippen LogP contribution in [0.25, 0.3) is 0 Å². The van der Waals surface area contributed by atoms with Crippen LogP contribution < -0.4 is 5.32 Å². The zero-order valence-electron chi connectivity index (χ0n) is 15.0. The van der Waals surface area contributed by atoms with Crippen LogP contribution in [-0.4, -0.2) is 35.2 Å². The summed E-state index contributed by atoms with van der Waals surface area (Å²) in [6.45, 7) is 15.1. The predicted molar refractivity (Wildman–Crippen MR) is 92.4 cm³/mol. The van der Waals surface area contributed by atoms with Crippen LogP contribution in [0.2, 0.25) is 0 Å². The van der Waals surface area contributed by atoms with Crippen molar-refractivity contribution in [1.29, 1.82) is 0 Å². The Morgan fingerprint density at radius 2 is 1.73 bits per heavy atom. The summed E-state index contributed by atoms with van der Waals surface area (Å²) >= 11 is 0. The molecule has 0 aliphatic heterocycles. The molecule has 1 amide bonds. The summed E-state index contributed by atoms with van der Waals surface area (Å²) < 4.78 is 5.51. The van der Waals surface area contributed by atoms with Gasteiger partial charge in [-0.2, -0.15) is 0 Å². The molecule has 0 radical (unpaired) electrons. The van der Waals surface area contributed by atoms with E-state index < -0.39 is 5.60 Å². The lowest BCUT2D eigenvalue weighted by Crippen LogP contribution is -2.49. The molecule has 0 aliphatic carbocycles. The number of anilines is 1. The molecule has 0 saturated heterocycles. The summed E-state index contributed by atoms with van der Waals surface area (Å²) in [6, 6.07) is 8.13. The highest BCUT2D eigenvalue weighted by molar-refractivity contribution is 5.69. The van der Waals surface area contributed by atoms with Crippen molar-refractivity contribution in [3.63, 3.8) is 0 Å². The molecule has 1 N–H and O–H groups in total. The van der Waals surface area contributed by atoms with Crippen molar-refractivity contribution < 1.29 is 9.53 Å². The lowest BCUT2D eigenvalue weighted by Gasteiger charge is -2.37. The molecule has 0 aliphatic rings. The van der Waals surface area contributed by atoms with Gasteiger partial charge in [-0.15, -0.1) is 0 Å². The first kappa shape index (κ1) is 18.3. The number of para-hydroxylation sites is 1. The SMILES string of the molecule is Cc1ccccc1NCCN(C(=O)OC(C)(C)C)C(C)(C)C. The van der Waals surface area contributed by atoms with Gasteiger partial charge in [-0.3, -0.25) is 0 Å². The Balaban J connectivity index is 2.67. The molecule has 124 valence electrons. The summed E-state index contributed by atoms with van der Waals surface area (Å²) in [6.07, 6.45) is -0.272. The normalized spacial score (nSPS) is 12.0. The third-order valence-electron chi connectivity index (χ3n) is 3.22. The second-order valence-electron chi connectivity index (χ2n) is 7.54. The monoisotopic (exact) mass is 306 g/mol. The van der Waals surface area contributed by atoms with Gasteiger partial charge in [0.2, 0.25) is 0 Å². The van der Waals surface area contributed by atoms with Gasteiger partial charge in [-0.25, -0.2) is 4.79 Å². The summed E-state index contributed by atoms with van der Waals surface area (Å²) in [5, 5.41) is 3.38. The van der Waals surface area contributed by atoms with Crippen molar-refractivity contribution in [2.75, 3.05) is 18.4 Å². The number of aryl methyl sites for hydroxylation is 1. The number of carbonyl (C=O) groups is 1. The molecule has 22 heavy (non-hydrogen) atoms. The Labute approximate surface area is 134 Å². The van der Waals surface area contributed by atoms with Crippen LogP contribution >= 0.6 is 0 Å². The number of amides is 1. The summed E-state index contributed by atoms with van der Waals surface area (Å²) in [5.74, 6) is 0. The summed E-state index contributed by atoms with van der Waals surface area (Å²) in [7, 11) is 0. The number of ether oxygens (including phenoxy) is 1. The molecule has 1 rings (SSSR count). The Morgan fingerprint density at radius 1 is 1.14 bits per heavy atom. The lowest BCUT2D eigenvalue weighted by molar-refractivity contribution is 0.00749. The van der Waals surface area contributed by atoms with Crippen LogP contribution in [-0.2, 0) is 4.74 Å². The van der Waals surface area contributed by atoms with Crippen molar-refractivity contribution in [2.24, 2.45) is 0 Å². The first-order chi connectivity index (χ1) is 10.0. The van der Waals surface area contributed by atoms with Crippen molar-refractivity contribution in [2.45, 2.75) is 59.6 Å². The van der Waals surface area contributed by atoms with Crippen molar-refractivity contribution in [3.8, 4) is 0 Å². The first-order valence-corrected chi connectivity index (χ1v) is 7.81. The van der Waals surface area contributed by atoms with Crippen LogP contribution in [0.5, 0.6) is 0 Å². The highest BCUT2D eigenvalue weighted by Crippen LogP contribution is 2.19. The molecule has 0 saturated carbocycles. The number of nitrogens with one attached hydrogen (secondary N) is 1. The lowest BCUT2D eigenvalue weighted by atomic mass is 10.1. The molecular weight excluding hydrogens is 276 g/mol. The Kier molecular flexibility index (Phi) is 5.86. The fourth-order valence-corrected chi connectivity index (χ4v) is 2.09. The number of hydrogen-bond acceptors (Lipinski definition) is 3. The van der Waals surface area contributed by atoms with E-state index in [-0.39, 0.29) is 11.6 Å². The summed E-state index contributed by atoms with van der Waals surface area (Å²) in [5.41, 5.74) is 1.53. The van der Waals surface area contributed by atoms with Crippen LogP contribution in [0.4, 0.5) is 10.5 Å². The molecule has 0 heterocycles. The molecule has 0 unspecified atom stereocenters. The number of nitrogens with zero attached hydrogens (tertiary/aromatic N) is 1. The van der Waals surface area contributed by atoms with Gasteiger partial charge in [0.05, 0.1) is 0 Å². The Bertz CT molecular complexity index is 499. The second kappa shape index (κ2) is 7.03. The minimum atomic E-state index is -0.482. The maximum absolute atomic E-state index is 12.4. The Hall–Kier alpha value is -1.71. The largest absolute Gasteiger partial charge is 0.444 e. The zero-order chi connectivity index (χ0) is 17.0. The van der Waals surface area contributed by atoms with Gasteiger partial charge >= 0.3 is 6.09 Å². The van der Waals surface area contributed by atoms with E-state index in [0.29, 0.717) is 13.1 Å². The standard InChI is InChI=1S/C18H30N2O2/c1-14-10-8-9-11-15(14)19-12-13-20(17(2,3)4)16(21)22-18(5,6)7/h8-11,19H,12-13H2,1-7H3. The molecule has 0 spiro atoms. The molecular formula is C18H30N2O2. The van der Waals surface area contributed by atoms with E-state index in [2.05, 4.69) is 18.3 Å². The van der Waals surface area contributed by atoms with Crippen molar-refractivity contribution in [1.82, 2.24) is 4.90 Å². The predicted octanol–water partition coefficient (Wildman–Crippen LogP) is 4.44. The molecule has 1 aromatic rings. The topological polar surface area (TPSA) is 41.6 Å². The van der Waals surface area contributed by atoms with E-state index >= 15 is 0 Å². The van der Waals surface area contributed by atoms with Gasteiger partial charge in [0.1, 0.15) is 5.60 Å². The van der Waals surface area contributed by atoms with Crippen LogP contribution in [0.1, 0.15) is 47.1 Å². The van der Waals surface area contributed by atoms with E-state index in [1.807, 2.05) is 59.7 Å². The van der Waals surface area contributed by atoms with E-state index in [0.717, 1.165) is 5.69 Å². The van der Waals surface area contributed by atoms with Crippen LogP contribution in [0.15, 0.2) is 24.3 Å². The maximum Gasteiger partial charge on any atom is 0.410 e. The van der Waals surface area contributed by atoms with E-state index in [9.17, 15) is 4.79 Å². The number of carbonyl (C=O) groups excluding carboxylic acids is 1. The molecule has 0 atom stereocenters. The molecule has 1 aromatic carbocycles. The van der Waals surface area contributed by atoms with Crippen LogP contribution in [0, 0.1) is 6.92 Å². The average Bonchev–Trinajstić information content (AvgIpc) is 2.32. The maximum atomic E-state index is 12.4. The molecule has 0 bridgehead atoms. The molecule has 4 heteroatoms. The minimum Gasteiger partial charge on any atom is -0.444 e. The molecule has 0 aromatic heterocycles. The fraction of sp³-hybridized carbons (Fsp3) is 0.611. The quantitative estimate of drug-likeness (QED) is 0.894. The summed E-state index contributed by atoms with van der Waals surface area (Å²) in [4.78, 5) is 14.2. The Morgan fingerprint density at radius 3 is 2.23 bits per heavy atom. The number of rotatable bonds is 4. The van der Waals surface area contributed by atoms with Gasteiger partial charge < -0.3 is 15.0 Å². The number of benzene rings is 1. The molecule has 0 fully saturated rings. The van der Waals surface area contributed by atoms with E-state index in [4.69, 9.17) is 4.74 Å². The van der Waals surface area contributed by atoms with E-state index in [1.165, 1.54) is 5.56 Å². The van der Waals surface area contributed by atoms with Crippen molar-refractivity contribution in [3.05, 3.63) is 29.8 Å². The van der Waals surface area contributed by atoms with Crippen LogP contribution in [0.3, 0.4) is 0 Å². The third-order valence-corrected chi connectivity index (χ3v) is 3.22. The smallest absolute Gasteiger partial charge is 0.410 e. The molecule has 4 nitrogen and oxygen atoms in total. The third kappa shape index (κ3) is 5.96. The van der Waals surface area contributed by atoms with Gasteiger partial charge in [0, 0.05) is 24.3 Å². The van der Waals surface area contributed by atoms with Gasteiger partial charge in [0.15, 0.2) is 0 Å². The van der Waals surface area contributed by atoms with Crippen molar-refractivity contribution >= 4 is 11.8 Å². The second-order valence-corrected chi connectivity index (χ2v) is 7.54. The van der Waals surface area contributed by atoms with Gasteiger partial charge in [0.25, 0.3) is 0 Å². The highest BCUT2D eigenvalue weighted by atomic mass is 16.6.